The van der Waals surface area contributed by atoms with Crippen LogP contribution in [0.4, 0.5) is 4.39 Å². The summed E-state index contributed by atoms with van der Waals surface area (Å²) in [4.78, 5) is 5.71. The molecule has 0 amide bonds. The van der Waals surface area contributed by atoms with Crippen LogP contribution in [0.5, 0.6) is 5.75 Å². The van der Waals surface area contributed by atoms with Crippen molar-refractivity contribution in [3.63, 3.8) is 0 Å². The number of hydrogen-bond acceptors (Lipinski definition) is 3. The summed E-state index contributed by atoms with van der Waals surface area (Å²) in [5, 5.41) is 0. The predicted octanol–water partition coefficient (Wildman–Crippen LogP) is 2.45. The van der Waals surface area contributed by atoms with Gasteiger partial charge in [-0.2, -0.15) is 4.39 Å². The third kappa shape index (κ3) is 3.29. The standard InChI is InChI=1S/C9H10BrFN2O.ClH/c10-8-4-7(5-12-9(8)11)14-6-13-2-1-3-13;/h4-5H,1-3,6H2;1H. The fourth-order valence-electron chi connectivity index (χ4n) is 1.16. The summed E-state index contributed by atoms with van der Waals surface area (Å²) in [5.41, 5.74) is 0. The maximum Gasteiger partial charge on any atom is 0.227 e. The first kappa shape index (κ1) is 12.7. The first-order valence-corrected chi connectivity index (χ1v) is 5.21. The van der Waals surface area contributed by atoms with Crippen LogP contribution in [0.15, 0.2) is 16.7 Å². The lowest BCUT2D eigenvalue weighted by Gasteiger charge is -2.30. The monoisotopic (exact) mass is 296 g/mol. The Bertz CT molecular complexity index is 336. The molecule has 0 aliphatic carbocycles. The van der Waals surface area contributed by atoms with Crippen LogP contribution in [0.25, 0.3) is 0 Å². The lowest BCUT2D eigenvalue weighted by molar-refractivity contribution is 0.0727. The Labute approximate surface area is 102 Å². The van der Waals surface area contributed by atoms with Gasteiger partial charge < -0.3 is 4.74 Å². The quantitative estimate of drug-likeness (QED) is 0.801. The molecule has 1 aromatic heterocycles. The van der Waals surface area contributed by atoms with Gasteiger partial charge in [0.1, 0.15) is 12.5 Å². The number of nitrogens with zero attached hydrogens (tertiary/aromatic N) is 2. The Morgan fingerprint density at radius 1 is 1.53 bits per heavy atom. The molecule has 1 saturated heterocycles. The first-order valence-electron chi connectivity index (χ1n) is 4.42. The molecule has 15 heavy (non-hydrogen) atoms. The van der Waals surface area contributed by atoms with Gasteiger partial charge >= 0.3 is 0 Å². The van der Waals surface area contributed by atoms with E-state index in [0.717, 1.165) is 13.1 Å². The Balaban J connectivity index is 0.00000112. The molecule has 6 heteroatoms. The van der Waals surface area contributed by atoms with E-state index < -0.39 is 5.95 Å². The fraction of sp³-hybridized carbons (Fsp3) is 0.444. The molecule has 3 nitrogen and oxygen atoms in total. The highest BCUT2D eigenvalue weighted by Gasteiger charge is 2.13. The van der Waals surface area contributed by atoms with Crippen LogP contribution in [0.3, 0.4) is 0 Å². The number of hydrogen-bond donors (Lipinski definition) is 0. The molecule has 2 rings (SSSR count). The van der Waals surface area contributed by atoms with E-state index >= 15 is 0 Å². The molecule has 0 bridgehead atoms. The lowest BCUT2D eigenvalue weighted by atomic mass is 10.2. The summed E-state index contributed by atoms with van der Waals surface area (Å²) in [7, 11) is 0. The summed E-state index contributed by atoms with van der Waals surface area (Å²) in [6, 6.07) is 1.59. The van der Waals surface area contributed by atoms with Crippen LogP contribution in [-0.4, -0.2) is 29.7 Å². The molecule has 84 valence electrons. The normalized spacial score (nSPS) is 15.3. The average Bonchev–Trinajstić information content (AvgIpc) is 2.08. The van der Waals surface area contributed by atoms with Gasteiger partial charge in [-0.1, -0.05) is 0 Å². The molecule has 1 aliphatic rings. The molecule has 0 spiro atoms. The molecule has 0 radical (unpaired) electrons. The molecule has 0 atom stereocenters. The molecule has 1 aromatic rings. The maximum atomic E-state index is 12.8. The van der Waals surface area contributed by atoms with Gasteiger partial charge in [0, 0.05) is 19.2 Å². The van der Waals surface area contributed by atoms with E-state index in [-0.39, 0.29) is 12.4 Å². The Kier molecular flexibility index (Phi) is 4.76. The number of ether oxygens (including phenoxy) is 1. The highest BCUT2D eigenvalue weighted by molar-refractivity contribution is 9.10. The van der Waals surface area contributed by atoms with E-state index in [2.05, 4.69) is 25.8 Å². The molecular formula is C9H11BrClFN2O. The smallest absolute Gasteiger partial charge is 0.227 e. The van der Waals surface area contributed by atoms with Gasteiger partial charge in [-0.25, -0.2) is 4.98 Å². The van der Waals surface area contributed by atoms with Crippen LogP contribution in [0.2, 0.25) is 0 Å². The number of likely N-dealkylation sites (tertiary alicyclic amines) is 1. The van der Waals surface area contributed by atoms with Crippen LogP contribution >= 0.6 is 28.3 Å². The predicted molar refractivity (Wildman–Crippen MR) is 60.8 cm³/mol. The number of pyridine rings is 1. The summed E-state index contributed by atoms with van der Waals surface area (Å²) in [5.74, 6) is 0.0754. The zero-order valence-corrected chi connectivity index (χ0v) is 10.4. The van der Waals surface area contributed by atoms with E-state index in [0.29, 0.717) is 17.0 Å². The number of aromatic nitrogens is 1. The Hall–Kier alpha value is -0.390. The van der Waals surface area contributed by atoms with Gasteiger partial charge in [-0.15, -0.1) is 12.4 Å². The second-order valence-electron chi connectivity index (χ2n) is 3.19. The van der Waals surface area contributed by atoms with Gasteiger partial charge in [0.25, 0.3) is 0 Å². The van der Waals surface area contributed by atoms with E-state index in [9.17, 15) is 4.39 Å². The van der Waals surface area contributed by atoms with Crippen LogP contribution in [0, 0.1) is 5.95 Å². The summed E-state index contributed by atoms with van der Waals surface area (Å²) < 4.78 is 18.5. The van der Waals surface area contributed by atoms with Crippen molar-refractivity contribution < 1.29 is 9.13 Å². The van der Waals surface area contributed by atoms with Crippen LogP contribution in [0.1, 0.15) is 6.42 Å². The highest BCUT2D eigenvalue weighted by Crippen LogP contribution is 2.19. The highest BCUT2D eigenvalue weighted by atomic mass is 79.9. The largest absolute Gasteiger partial charge is 0.476 e. The molecular weight excluding hydrogens is 286 g/mol. The van der Waals surface area contributed by atoms with Gasteiger partial charge in [0.15, 0.2) is 0 Å². The van der Waals surface area contributed by atoms with E-state index in [1.807, 2.05) is 0 Å². The zero-order chi connectivity index (χ0) is 9.97. The summed E-state index contributed by atoms with van der Waals surface area (Å²) >= 11 is 3.05. The van der Waals surface area contributed by atoms with Crippen LogP contribution in [-0.2, 0) is 0 Å². The topological polar surface area (TPSA) is 25.4 Å². The fourth-order valence-corrected chi connectivity index (χ4v) is 1.49. The van der Waals surface area contributed by atoms with Gasteiger partial charge in [-0.3, -0.25) is 4.90 Å². The van der Waals surface area contributed by atoms with E-state index in [4.69, 9.17) is 4.74 Å². The van der Waals surface area contributed by atoms with Crippen molar-refractivity contribution in [1.82, 2.24) is 9.88 Å². The third-order valence-electron chi connectivity index (χ3n) is 2.13. The Morgan fingerprint density at radius 3 is 2.80 bits per heavy atom. The summed E-state index contributed by atoms with van der Waals surface area (Å²) in [6.07, 6.45) is 2.62. The average molecular weight is 298 g/mol. The van der Waals surface area contributed by atoms with Crippen molar-refractivity contribution in [1.29, 1.82) is 0 Å². The molecule has 1 aliphatic heterocycles. The minimum Gasteiger partial charge on any atom is -0.476 e. The lowest BCUT2D eigenvalue weighted by Crippen LogP contribution is -2.39. The molecule has 1 fully saturated rings. The summed E-state index contributed by atoms with van der Waals surface area (Å²) in [6.45, 7) is 2.71. The molecule has 0 N–H and O–H groups in total. The zero-order valence-electron chi connectivity index (χ0n) is 7.95. The van der Waals surface area contributed by atoms with Crippen molar-refractivity contribution in [2.75, 3.05) is 19.8 Å². The van der Waals surface area contributed by atoms with Crippen molar-refractivity contribution in [3.05, 3.63) is 22.7 Å². The van der Waals surface area contributed by atoms with Gasteiger partial charge in [0.05, 0.1) is 10.7 Å². The number of rotatable bonds is 3. The minimum atomic E-state index is -0.513. The van der Waals surface area contributed by atoms with Crippen molar-refractivity contribution >= 4 is 28.3 Å². The maximum absolute atomic E-state index is 12.8. The Morgan fingerprint density at radius 2 is 2.27 bits per heavy atom. The third-order valence-corrected chi connectivity index (χ3v) is 2.69. The molecule has 2 heterocycles. The molecule has 0 unspecified atom stereocenters. The second kappa shape index (κ2) is 5.63. The minimum absolute atomic E-state index is 0. The van der Waals surface area contributed by atoms with Crippen LogP contribution < -0.4 is 4.74 Å². The van der Waals surface area contributed by atoms with Gasteiger partial charge in [0.2, 0.25) is 5.95 Å². The van der Waals surface area contributed by atoms with Gasteiger partial charge in [-0.05, 0) is 22.4 Å². The first-order chi connectivity index (χ1) is 6.75. The van der Waals surface area contributed by atoms with Crippen molar-refractivity contribution in [3.8, 4) is 5.75 Å². The SMILES string of the molecule is Cl.Fc1ncc(OCN2CCC2)cc1Br. The molecule has 0 saturated carbocycles. The van der Waals surface area contributed by atoms with E-state index in [1.165, 1.54) is 12.6 Å². The van der Waals surface area contributed by atoms with E-state index in [1.54, 1.807) is 6.07 Å². The van der Waals surface area contributed by atoms with Crippen molar-refractivity contribution in [2.45, 2.75) is 6.42 Å². The van der Waals surface area contributed by atoms with Crippen molar-refractivity contribution in [2.24, 2.45) is 0 Å². The second-order valence-corrected chi connectivity index (χ2v) is 4.04. The number of halogens is 3. The molecule has 0 aromatic carbocycles.